The first-order valence-corrected chi connectivity index (χ1v) is 14.8. The zero-order chi connectivity index (χ0) is 27.9. The molecular formula is C33H29N3O3S. The Morgan fingerprint density at radius 1 is 0.775 bits per heavy atom. The molecule has 0 saturated carbocycles. The van der Waals surface area contributed by atoms with E-state index in [0.29, 0.717) is 28.8 Å². The molecule has 0 saturated heterocycles. The molecule has 6 nitrogen and oxygen atoms in total. The number of sulfonamides is 1. The third kappa shape index (κ3) is 4.47. The van der Waals surface area contributed by atoms with Crippen molar-refractivity contribution in [2.45, 2.75) is 31.2 Å². The zero-order valence-corrected chi connectivity index (χ0v) is 23.2. The first kappa shape index (κ1) is 25.9. The minimum atomic E-state index is -3.92. The average molecular weight is 548 g/mol. The summed E-state index contributed by atoms with van der Waals surface area (Å²) in [6.45, 7) is 4.03. The SMILES string of the molecule is CCCN(C(C)c1nc2ccccc2c(=O)n1-c1ccc2ccccc2c1)S(=O)(=O)c1ccc2ccccc2c1. The van der Waals surface area contributed by atoms with Crippen molar-refractivity contribution < 1.29 is 8.42 Å². The highest BCUT2D eigenvalue weighted by Crippen LogP contribution is 2.31. The van der Waals surface area contributed by atoms with Gasteiger partial charge in [-0.25, -0.2) is 13.4 Å². The van der Waals surface area contributed by atoms with Crippen LogP contribution in [0.4, 0.5) is 0 Å². The monoisotopic (exact) mass is 547 g/mol. The third-order valence-corrected chi connectivity index (χ3v) is 9.34. The summed E-state index contributed by atoms with van der Waals surface area (Å²) in [6, 6.07) is 33.1. The van der Waals surface area contributed by atoms with Gasteiger partial charge in [-0.1, -0.05) is 79.7 Å². The quantitative estimate of drug-likeness (QED) is 0.219. The Hall–Kier alpha value is -4.33. The molecule has 0 bridgehead atoms. The molecule has 0 fully saturated rings. The minimum Gasteiger partial charge on any atom is -0.268 e. The molecule has 0 spiro atoms. The van der Waals surface area contributed by atoms with E-state index in [1.807, 2.05) is 98.8 Å². The molecule has 7 heteroatoms. The van der Waals surface area contributed by atoms with E-state index in [-0.39, 0.29) is 17.0 Å². The molecule has 6 aromatic rings. The van der Waals surface area contributed by atoms with E-state index in [9.17, 15) is 13.2 Å². The van der Waals surface area contributed by atoms with Crippen LogP contribution >= 0.6 is 0 Å². The fourth-order valence-electron chi connectivity index (χ4n) is 5.33. The van der Waals surface area contributed by atoms with Crippen LogP contribution in [0.5, 0.6) is 0 Å². The van der Waals surface area contributed by atoms with Crippen molar-refractivity contribution in [2.24, 2.45) is 0 Å². The lowest BCUT2D eigenvalue weighted by Gasteiger charge is -2.29. The predicted molar refractivity (Wildman–Crippen MR) is 161 cm³/mol. The number of hydrogen-bond donors (Lipinski definition) is 0. The maximum Gasteiger partial charge on any atom is 0.266 e. The van der Waals surface area contributed by atoms with Gasteiger partial charge in [0, 0.05) is 6.54 Å². The molecule has 0 amide bonds. The van der Waals surface area contributed by atoms with Crippen LogP contribution in [0.2, 0.25) is 0 Å². The lowest BCUT2D eigenvalue weighted by Crippen LogP contribution is -2.38. The second-order valence-corrected chi connectivity index (χ2v) is 11.9. The Kier molecular flexibility index (Phi) is 6.70. The Morgan fingerprint density at radius 3 is 2.08 bits per heavy atom. The number of para-hydroxylation sites is 1. The second kappa shape index (κ2) is 10.3. The summed E-state index contributed by atoms with van der Waals surface area (Å²) in [6.07, 6.45) is 0.602. The van der Waals surface area contributed by atoms with Crippen molar-refractivity contribution in [1.82, 2.24) is 13.9 Å². The van der Waals surface area contributed by atoms with Gasteiger partial charge in [0.05, 0.1) is 27.5 Å². The summed E-state index contributed by atoms with van der Waals surface area (Å²) in [4.78, 5) is 19.1. The van der Waals surface area contributed by atoms with E-state index >= 15 is 0 Å². The Bertz CT molecular complexity index is 2050. The molecule has 1 heterocycles. The summed E-state index contributed by atoms with van der Waals surface area (Å²) in [7, 11) is -3.92. The molecule has 0 N–H and O–H groups in total. The van der Waals surface area contributed by atoms with Gasteiger partial charge in [-0.2, -0.15) is 4.31 Å². The largest absolute Gasteiger partial charge is 0.268 e. The normalized spacial score (nSPS) is 12.9. The number of rotatable bonds is 7. The lowest BCUT2D eigenvalue weighted by molar-refractivity contribution is 0.327. The lowest BCUT2D eigenvalue weighted by atomic mass is 10.1. The van der Waals surface area contributed by atoms with Crippen molar-refractivity contribution >= 4 is 42.5 Å². The molecule has 0 aliphatic heterocycles. The van der Waals surface area contributed by atoms with E-state index in [1.165, 1.54) is 4.31 Å². The maximum atomic E-state index is 14.2. The number of hydrogen-bond acceptors (Lipinski definition) is 4. The molecule has 1 unspecified atom stereocenters. The van der Waals surface area contributed by atoms with Gasteiger partial charge in [0.25, 0.3) is 5.56 Å². The Morgan fingerprint density at radius 2 is 1.38 bits per heavy atom. The Balaban J connectivity index is 1.55. The summed E-state index contributed by atoms with van der Waals surface area (Å²) in [5.41, 5.74) is 0.941. The molecule has 40 heavy (non-hydrogen) atoms. The number of aromatic nitrogens is 2. The minimum absolute atomic E-state index is 0.215. The number of benzene rings is 5. The van der Waals surface area contributed by atoms with Crippen molar-refractivity contribution in [3.8, 4) is 5.69 Å². The van der Waals surface area contributed by atoms with Gasteiger partial charge in [0.15, 0.2) is 0 Å². The fourth-order valence-corrected chi connectivity index (χ4v) is 7.05. The van der Waals surface area contributed by atoms with Gasteiger partial charge in [0.1, 0.15) is 5.82 Å². The molecule has 5 aromatic carbocycles. The summed E-state index contributed by atoms with van der Waals surface area (Å²) in [5, 5.41) is 4.33. The average Bonchev–Trinajstić information content (AvgIpc) is 2.99. The molecular weight excluding hydrogens is 518 g/mol. The summed E-state index contributed by atoms with van der Waals surface area (Å²) < 4.78 is 31.4. The third-order valence-electron chi connectivity index (χ3n) is 7.37. The molecule has 6 rings (SSSR count). The molecule has 200 valence electrons. The van der Waals surface area contributed by atoms with Crippen LogP contribution in [-0.4, -0.2) is 28.8 Å². The van der Waals surface area contributed by atoms with Gasteiger partial charge < -0.3 is 0 Å². The van der Waals surface area contributed by atoms with Crippen LogP contribution in [-0.2, 0) is 10.0 Å². The van der Waals surface area contributed by atoms with E-state index in [4.69, 9.17) is 4.98 Å². The molecule has 0 aliphatic rings. The summed E-state index contributed by atoms with van der Waals surface area (Å²) in [5.74, 6) is 0.372. The van der Waals surface area contributed by atoms with Crippen LogP contribution in [0, 0.1) is 0 Å². The maximum absolute atomic E-state index is 14.2. The number of fused-ring (bicyclic) bond motifs is 3. The van der Waals surface area contributed by atoms with E-state index in [0.717, 1.165) is 21.5 Å². The van der Waals surface area contributed by atoms with Gasteiger partial charge in [-0.15, -0.1) is 0 Å². The standard InChI is InChI=1S/C33H29N3O3S/c1-3-20-35(40(38,39)29-19-17-25-11-5-7-13-27(25)22-29)23(2)32-34-31-15-9-8-14-30(31)33(37)36(32)28-18-16-24-10-4-6-12-26(24)21-28/h4-19,21-23H,3,20H2,1-2H3. The number of nitrogens with zero attached hydrogens (tertiary/aromatic N) is 3. The Labute approximate surface area is 233 Å². The van der Waals surface area contributed by atoms with Crippen molar-refractivity contribution in [2.75, 3.05) is 6.54 Å². The smallest absolute Gasteiger partial charge is 0.266 e. The van der Waals surface area contributed by atoms with Crippen molar-refractivity contribution in [1.29, 1.82) is 0 Å². The zero-order valence-electron chi connectivity index (χ0n) is 22.4. The first-order valence-electron chi connectivity index (χ1n) is 13.4. The van der Waals surface area contributed by atoms with Crippen molar-refractivity contribution in [3.05, 3.63) is 125 Å². The van der Waals surface area contributed by atoms with Crippen LogP contribution in [0.3, 0.4) is 0 Å². The van der Waals surface area contributed by atoms with Gasteiger partial charge in [-0.3, -0.25) is 9.36 Å². The van der Waals surface area contributed by atoms with Gasteiger partial charge in [-0.05, 0) is 71.3 Å². The summed E-state index contributed by atoms with van der Waals surface area (Å²) >= 11 is 0. The van der Waals surface area contributed by atoms with Crippen molar-refractivity contribution in [3.63, 3.8) is 0 Å². The van der Waals surface area contributed by atoms with E-state index in [2.05, 4.69) is 0 Å². The highest BCUT2D eigenvalue weighted by molar-refractivity contribution is 7.89. The van der Waals surface area contributed by atoms with Crippen LogP contribution in [0.15, 0.2) is 119 Å². The van der Waals surface area contributed by atoms with Gasteiger partial charge >= 0.3 is 0 Å². The van der Waals surface area contributed by atoms with Crippen LogP contribution in [0.25, 0.3) is 38.1 Å². The van der Waals surface area contributed by atoms with Gasteiger partial charge in [0.2, 0.25) is 10.0 Å². The highest BCUT2D eigenvalue weighted by Gasteiger charge is 2.32. The fraction of sp³-hybridized carbons (Fsp3) is 0.152. The second-order valence-electron chi connectivity index (χ2n) is 9.96. The molecule has 1 atom stereocenters. The molecule has 1 aromatic heterocycles. The molecule has 0 radical (unpaired) electrons. The first-order chi connectivity index (χ1) is 19.4. The topological polar surface area (TPSA) is 72.3 Å². The predicted octanol–water partition coefficient (Wildman–Crippen LogP) is 6.85. The van der Waals surface area contributed by atoms with Crippen LogP contribution in [0.1, 0.15) is 32.1 Å². The molecule has 0 aliphatic carbocycles. The highest BCUT2D eigenvalue weighted by atomic mass is 32.2. The van der Waals surface area contributed by atoms with E-state index in [1.54, 1.807) is 28.8 Å². The van der Waals surface area contributed by atoms with E-state index < -0.39 is 16.1 Å². The van der Waals surface area contributed by atoms with Crippen LogP contribution < -0.4 is 5.56 Å².